The lowest BCUT2D eigenvalue weighted by Gasteiger charge is -2.20. The number of carbonyl (C=O) groups is 2. The van der Waals surface area contributed by atoms with E-state index in [4.69, 9.17) is 9.47 Å². The highest BCUT2D eigenvalue weighted by Gasteiger charge is 2.32. The fourth-order valence-corrected chi connectivity index (χ4v) is 3.01. The van der Waals surface area contributed by atoms with E-state index in [1.54, 1.807) is 25.3 Å². The summed E-state index contributed by atoms with van der Waals surface area (Å²) >= 11 is 0. The number of esters is 1. The third-order valence-corrected chi connectivity index (χ3v) is 4.17. The van der Waals surface area contributed by atoms with Gasteiger partial charge in [0.1, 0.15) is 11.5 Å². The Hall–Kier alpha value is -3.15. The van der Waals surface area contributed by atoms with Crippen LogP contribution in [-0.2, 0) is 9.59 Å². The molecule has 1 unspecified atom stereocenters. The Bertz CT molecular complexity index is 861. The van der Waals surface area contributed by atoms with Crippen molar-refractivity contribution in [2.24, 2.45) is 5.10 Å². The fourth-order valence-electron chi connectivity index (χ4n) is 3.01. The van der Waals surface area contributed by atoms with Crippen molar-refractivity contribution in [3.8, 4) is 11.5 Å². The number of rotatable bonds is 4. The second-order valence-corrected chi connectivity index (χ2v) is 6.00. The first-order chi connectivity index (χ1) is 12.5. The van der Waals surface area contributed by atoms with Crippen molar-refractivity contribution >= 4 is 17.6 Å². The van der Waals surface area contributed by atoms with Crippen molar-refractivity contribution < 1.29 is 19.1 Å². The number of benzene rings is 2. The number of hydrogen-bond acceptors (Lipinski definition) is 5. The van der Waals surface area contributed by atoms with Crippen LogP contribution in [0.5, 0.6) is 11.5 Å². The van der Waals surface area contributed by atoms with Crippen molar-refractivity contribution in [2.75, 3.05) is 7.11 Å². The molecule has 0 bridgehead atoms. The molecule has 0 radical (unpaired) electrons. The van der Waals surface area contributed by atoms with Gasteiger partial charge in [0, 0.05) is 31.9 Å². The molecule has 1 aliphatic rings. The first kappa shape index (κ1) is 17.7. The summed E-state index contributed by atoms with van der Waals surface area (Å²) in [6.07, 6.45) is 0.532. The average Bonchev–Trinajstić information content (AvgIpc) is 3.07. The highest BCUT2D eigenvalue weighted by atomic mass is 16.5. The molecular weight excluding hydrogens is 332 g/mol. The van der Waals surface area contributed by atoms with Crippen LogP contribution < -0.4 is 9.47 Å². The van der Waals surface area contributed by atoms with Gasteiger partial charge in [-0.3, -0.25) is 9.59 Å². The Morgan fingerprint density at radius 1 is 1.12 bits per heavy atom. The van der Waals surface area contributed by atoms with E-state index in [1.807, 2.05) is 30.3 Å². The third-order valence-electron chi connectivity index (χ3n) is 4.17. The zero-order valence-electron chi connectivity index (χ0n) is 14.9. The van der Waals surface area contributed by atoms with Gasteiger partial charge in [-0.15, -0.1) is 0 Å². The molecule has 1 heterocycles. The summed E-state index contributed by atoms with van der Waals surface area (Å²) in [6.45, 7) is 2.83. The van der Waals surface area contributed by atoms with Crippen LogP contribution in [0.1, 0.15) is 37.4 Å². The minimum absolute atomic E-state index is 0.142. The molecular formula is C20H20N2O4. The Kier molecular flexibility index (Phi) is 5.02. The smallest absolute Gasteiger partial charge is 0.308 e. The maximum atomic E-state index is 12.1. The lowest BCUT2D eigenvalue weighted by Crippen LogP contribution is -2.24. The standard InChI is InChI=1S/C20H20N2O4/c1-13(23)22-19(15-7-5-4-6-8-15)12-18(21-22)17-10-9-16(25-3)11-20(17)26-14(2)24/h4-11,19H,12H2,1-3H3. The van der Waals surface area contributed by atoms with E-state index in [9.17, 15) is 9.59 Å². The number of nitrogens with zero attached hydrogens (tertiary/aromatic N) is 2. The van der Waals surface area contributed by atoms with Gasteiger partial charge >= 0.3 is 5.97 Å². The number of methoxy groups -OCH3 is 1. The van der Waals surface area contributed by atoms with Crippen molar-refractivity contribution in [1.82, 2.24) is 5.01 Å². The fraction of sp³-hybridized carbons (Fsp3) is 0.250. The number of hydrazone groups is 1. The van der Waals surface area contributed by atoms with E-state index < -0.39 is 5.97 Å². The van der Waals surface area contributed by atoms with Gasteiger partial charge < -0.3 is 9.47 Å². The molecule has 0 aliphatic carbocycles. The van der Waals surface area contributed by atoms with Gasteiger partial charge in [0.05, 0.1) is 18.9 Å². The zero-order valence-corrected chi connectivity index (χ0v) is 14.9. The number of carbonyl (C=O) groups excluding carboxylic acids is 2. The van der Waals surface area contributed by atoms with E-state index in [0.29, 0.717) is 29.2 Å². The normalized spacial score (nSPS) is 16.2. The first-order valence-corrected chi connectivity index (χ1v) is 8.28. The first-order valence-electron chi connectivity index (χ1n) is 8.28. The van der Waals surface area contributed by atoms with Gasteiger partial charge in [-0.2, -0.15) is 5.10 Å². The minimum atomic E-state index is -0.430. The SMILES string of the molecule is COc1ccc(C2=NN(C(C)=O)C(c3ccccc3)C2)c(OC(C)=O)c1. The van der Waals surface area contributed by atoms with E-state index >= 15 is 0 Å². The van der Waals surface area contributed by atoms with Gasteiger partial charge in [0.15, 0.2) is 0 Å². The van der Waals surface area contributed by atoms with Crippen molar-refractivity contribution in [2.45, 2.75) is 26.3 Å². The van der Waals surface area contributed by atoms with Crippen LogP contribution in [0.3, 0.4) is 0 Å². The molecule has 1 amide bonds. The second kappa shape index (κ2) is 7.39. The summed E-state index contributed by atoms with van der Waals surface area (Å²) in [6, 6.07) is 14.8. The van der Waals surface area contributed by atoms with Gasteiger partial charge in [0.25, 0.3) is 0 Å². The Balaban J connectivity index is 2.00. The molecule has 0 spiro atoms. The van der Waals surface area contributed by atoms with E-state index in [2.05, 4.69) is 5.10 Å². The average molecular weight is 352 g/mol. The van der Waals surface area contributed by atoms with Gasteiger partial charge in [0.2, 0.25) is 5.91 Å². The predicted molar refractivity (Wildman–Crippen MR) is 97.2 cm³/mol. The number of hydrogen-bond donors (Lipinski definition) is 0. The predicted octanol–water partition coefficient (Wildman–Crippen LogP) is 3.32. The molecule has 0 fully saturated rings. The van der Waals surface area contributed by atoms with Gasteiger partial charge in [-0.1, -0.05) is 30.3 Å². The molecule has 0 aromatic heterocycles. The molecule has 134 valence electrons. The summed E-state index contributed by atoms with van der Waals surface area (Å²) in [5.74, 6) is 0.372. The lowest BCUT2D eigenvalue weighted by molar-refractivity contribution is -0.132. The third kappa shape index (κ3) is 3.59. The number of amides is 1. The Labute approximate surface area is 152 Å². The second-order valence-electron chi connectivity index (χ2n) is 6.00. The molecule has 3 rings (SSSR count). The summed E-state index contributed by atoms with van der Waals surface area (Å²) in [5, 5.41) is 5.99. The van der Waals surface area contributed by atoms with Crippen LogP contribution in [0.25, 0.3) is 0 Å². The maximum absolute atomic E-state index is 12.1. The molecule has 6 nitrogen and oxygen atoms in total. The van der Waals surface area contributed by atoms with Gasteiger partial charge in [-0.25, -0.2) is 5.01 Å². The Morgan fingerprint density at radius 2 is 1.85 bits per heavy atom. The van der Waals surface area contributed by atoms with E-state index in [0.717, 1.165) is 5.56 Å². The lowest BCUT2D eigenvalue weighted by atomic mass is 9.98. The van der Waals surface area contributed by atoms with E-state index in [-0.39, 0.29) is 11.9 Å². The highest BCUT2D eigenvalue weighted by molar-refractivity contribution is 6.05. The van der Waals surface area contributed by atoms with E-state index in [1.165, 1.54) is 18.9 Å². The van der Waals surface area contributed by atoms with Crippen molar-refractivity contribution in [3.63, 3.8) is 0 Å². The highest BCUT2D eigenvalue weighted by Crippen LogP contribution is 2.36. The molecule has 0 N–H and O–H groups in total. The molecule has 26 heavy (non-hydrogen) atoms. The minimum Gasteiger partial charge on any atom is -0.497 e. The molecule has 1 atom stereocenters. The topological polar surface area (TPSA) is 68.2 Å². The molecule has 0 saturated heterocycles. The summed E-state index contributed by atoms with van der Waals surface area (Å²) in [5.41, 5.74) is 2.36. The Morgan fingerprint density at radius 3 is 2.46 bits per heavy atom. The van der Waals surface area contributed by atoms with Crippen molar-refractivity contribution in [3.05, 3.63) is 59.7 Å². The monoisotopic (exact) mass is 352 g/mol. The molecule has 1 aliphatic heterocycles. The van der Waals surface area contributed by atoms with Crippen LogP contribution in [0.15, 0.2) is 53.6 Å². The molecule has 6 heteroatoms. The van der Waals surface area contributed by atoms with Crippen molar-refractivity contribution in [1.29, 1.82) is 0 Å². The summed E-state index contributed by atoms with van der Waals surface area (Å²) in [4.78, 5) is 23.6. The van der Waals surface area contributed by atoms with Crippen LogP contribution in [-0.4, -0.2) is 29.7 Å². The van der Waals surface area contributed by atoms with Gasteiger partial charge in [-0.05, 0) is 17.7 Å². The maximum Gasteiger partial charge on any atom is 0.308 e. The van der Waals surface area contributed by atoms with Crippen LogP contribution >= 0.6 is 0 Å². The van der Waals surface area contributed by atoms with Crippen LogP contribution in [0.2, 0.25) is 0 Å². The van der Waals surface area contributed by atoms with Crippen LogP contribution in [0, 0.1) is 0 Å². The summed E-state index contributed by atoms with van der Waals surface area (Å²) < 4.78 is 10.5. The molecule has 0 saturated carbocycles. The summed E-state index contributed by atoms with van der Waals surface area (Å²) in [7, 11) is 1.54. The molecule has 2 aromatic carbocycles. The number of ether oxygens (including phenoxy) is 2. The van der Waals surface area contributed by atoms with Crippen LogP contribution in [0.4, 0.5) is 0 Å². The molecule has 2 aromatic rings. The largest absolute Gasteiger partial charge is 0.497 e. The zero-order chi connectivity index (χ0) is 18.7. The quantitative estimate of drug-likeness (QED) is 0.625.